The number of carbonyl (C=O) groups excluding carboxylic acids is 1. The number of benzene rings is 2. The average molecular weight is 508 g/mol. The maximum absolute atomic E-state index is 14.1. The number of rotatable bonds is 7. The van der Waals surface area contributed by atoms with Gasteiger partial charge in [0.1, 0.15) is 22.0 Å². The second-order valence-corrected chi connectivity index (χ2v) is 10.9. The number of ketones is 1. The Morgan fingerprint density at radius 2 is 1.86 bits per heavy atom. The summed E-state index contributed by atoms with van der Waals surface area (Å²) in [5.74, 6) is -0.482. The van der Waals surface area contributed by atoms with Gasteiger partial charge in [0, 0.05) is 17.2 Å². The van der Waals surface area contributed by atoms with E-state index in [9.17, 15) is 17.6 Å². The number of aromatic amines is 1. The van der Waals surface area contributed by atoms with Gasteiger partial charge in [0.25, 0.3) is 10.0 Å². The van der Waals surface area contributed by atoms with Gasteiger partial charge in [-0.3, -0.25) is 14.6 Å². The van der Waals surface area contributed by atoms with Gasteiger partial charge in [0.05, 0.1) is 24.0 Å². The van der Waals surface area contributed by atoms with E-state index >= 15 is 0 Å². The summed E-state index contributed by atoms with van der Waals surface area (Å²) in [5, 5.41) is 7.16. The maximum atomic E-state index is 14.1. The van der Waals surface area contributed by atoms with E-state index < -0.39 is 20.7 Å². The predicted octanol–water partition coefficient (Wildman–Crippen LogP) is 4.96. The Morgan fingerprint density at radius 1 is 1.11 bits per heavy atom. The van der Waals surface area contributed by atoms with Crippen molar-refractivity contribution in [3.8, 4) is 11.3 Å². The average Bonchev–Trinajstić information content (AvgIpc) is 3.28. The van der Waals surface area contributed by atoms with Gasteiger partial charge in [-0.1, -0.05) is 37.5 Å². The smallest absolute Gasteiger partial charge is 0.264 e. The number of fused-ring (bicyclic) bond motifs is 1. The number of H-pyrrole nitrogens is 1. The molecule has 2 aromatic heterocycles. The van der Waals surface area contributed by atoms with E-state index in [1.807, 2.05) is 0 Å². The number of nitrogens with one attached hydrogen (secondary N) is 2. The molecule has 0 bridgehead atoms. The molecule has 1 fully saturated rings. The van der Waals surface area contributed by atoms with Gasteiger partial charge >= 0.3 is 0 Å². The molecule has 8 nitrogen and oxygen atoms in total. The first kappa shape index (κ1) is 24.1. The normalized spacial score (nSPS) is 14.7. The first-order valence-corrected chi connectivity index (χ1v) is 13.4. The molecule has 0 spiro atoms. The van der Waals surface area contributed by atoms with E-state index in [2.05, 4.69) is 24.9 Å². The van der Waals surface area contributed by atoms with Crippen molar-refractivity contribution in [1.29, 1.82) is 0 Å². The number of hydrogen-bond acceptors (Lipinski definition) is 6. The Bertz CT molecular complexity index is 1530. The number of Topliss-reactive ketones (excluding diaryl/α,β-unsaturated/α-hetero) is 1. The minimum Gasteiger partial charge on any atom is -0.299 e. The number of hydrogen-bond donors (Lipinski definition) is 2. The Morgan fingerprint density at radius 3 is 2.61 bits per heavy atom. The lowest BCUT2D eigenvalue weighted by atomic mass is 9.85. The lowest BCUT2D eigenvalue weighted by Gasteiger charge is -2.19. The SMILES string of the molecule is Cc1ccc(F)c(S(=O)(=O)Nc2ccc(-c3cnc4c(CC(=O)C5CCCCC5)[nH]nc4n3)cc2)c1. The number of halogens is 1. The lowest BCUT2D eigenvalue weighted by Crippen LogP contribution is -2.19. The third kappa shape index (κ3) is 4.99. The molecule has 0 unspecified atom stereocenters. The van der Waals surface area contributed by atoms with Crippen LogP contribution in [0, 0.1) is 18.7 Å². The Balaban J connectivity index is 1.32. The highest BCUT2D eigenvalue weighted by Crippen LogP contribution is 2.27. The number of anilines is 1. The highest BCUT2D eigenvalue weighted by molar-refractivity contribution is 7.92. The van der Waals surface area contributed by atoms with Gasteiger partial charge in [-0.2, -0.15) is 5.10 Å². The van der Waals surface area contributed by atoms with Gasteiger partial charge in [-0.05, 0) is 49.6 Å². The standard InChI is InChI=1S/C26H26FN5O3S/c1-16-7-12-20(27)24(13-16)36(34,35)32-19-10-8-17(9-11-19)22-15-28-25-21(30-31-26(25)29-22)14-23(33)18-5-3-2-4-6-18/h7-13,15,18,32H,2-6,14H2,1H3,(H,29,30,31). The Kier molecular flexibility index (Phi) is 6.53. The molecule has 186 valence electrons. The molecule has 0 aliphatic heterocycles. The minimum atomic E-state index is -4.08. The summed E-state index contributed by atoms with van der Waals surface area (Å²) in [4.78, 5) is 21.3. The molecule has 2 aromatic carbocycles. The van der Waals surface area contributed by atoms with Gasteiger partial charge in [0.15, 0.2) is 5.65 Å². The van der Waals surface area contributed by atoms with Crippen LogP contribution in [0.15, 0.2) is 53.6 Å². The van der Waals surface area contributed by atoms with Crippen LogP contribution >= 0.6 is 0 Å². The predicted molar refractivity (Wildman–Crippen MR) is 134 cm³/mol. The molecule has 10 heteroatoms. The fourth-order valence-corrected chi connectivity index (χ4v) is 5.81. The number of aromatic nitrogens is 4. The second-order valence-electron chi connectivity index (χ2n) is 9.22. The molecule has 36 heavy (non-hydrogen) atoms. The van der Waals surface area contributed by atoms with E-state index in [-0.39, 0.29) is 23.8 Å². The van der Waals surface area contributed by atoms with Crippen molar-refractivity contribution in [1.82, 2.24) is 20.2 Å². The zero-order valence-electron chi connectivity index (χ0n) is 19.8. The molecule has 0 atom stereocenters. The summed E-state index contributed by atoms with van der Waals surface area (Å²) in [5.41, 5.74) is 3.85. The molecular weight excluding hydrogens is 481 g/mol. The Hall–Kier alpha value is -3.66. The summed E-state index contributed by atoms with van der Waals surface area (Å²) in [6.07, 6.45) is 7.18. The van der Waals surface area contributed by atoms with Gasteiger partial charge in [-0.15, -0.1) is 0 Å². The number of sulfonamides is 1. The van der Waals surface area contributed by atoms with Crippen molar-refractivity contribution in [2.45, 2.75) is 50.3 Å². The largest absolute Gasteiger partial charge is 0.299 e. The van der Waals surface area contributed by atoms with Gasteiger partial charge in [0.2, 0.25) is 0 Å². The van der Waals surface area contributed by atoms with Crippen LogP contribution in [0.5, 0.6) is 0 Å². The van der Waals surface area contributed by atoms with Crippen LogP contribution in [0.4, 0.5) is 10.1 Å². The summed E-state index contributed by atoms with van der Waals surface area (Å²) in [7, 11) is -4.08. The molecule has 4 aromatic rings. The molecule has 2 N–H and O–H groups in total. The van der Waals surface area contributed by atoms with E-state index in [1.54, 1.807) is 37.4 Å². The summed E-state index contributed by atoms with van der Waals surface area (Å²) in [6.45, 7) is 1.70. The van der Waals surface area contributed by atoms with Crippen molar-refractivity contribution >= 4 is 32.7 Å². The van der Waals surface area contributed by atoms with E-state index in [0.29, 0.717) is 33.7 Å². The van der Waals surface area contributed by atoms with Crippen LogP contribution in [-0.4, -0.2) is 34.4 Å². The summed E-state index contributed by atoms with van der Waals surface area (Å²) < 4.78 is 41.8. The van der Waals surface area contributed by atoms with Crippen LogP contribution in [0.1, 0.15) is 43.4 Å². The monoisotopic (exact) mass is 507 g/mol. The van der Waals surface area contributed by atoms with Crippen molar-refractivity contribution < 1.29 is 17.6 Å². The van der Waals surface area contributed by atoms with Crippen LogP contribution in [0.3, 0.4) is 0 Å². The molecular formula is C26H26FN5O3S. The highest BCUT2D eigenvalue weighted by atomic mass is 32.2. The lowest BCUT2D eigenvalue weighted by molar-refractivity contribution is -0.123. The van der Waals surface area contributed by atoms with Crippen LogP contribution in [0.25, 0.3) is 22.4 Å². The van der Waals surface area contributed by atoms with E-state index in [1.165, 1.54) is 18.6 Å². The highest BCUT2D eigenvalue weighted by Gasteiger charge is 2.23. The summed E-state index contributed by atoms with van der Waals surface area (Å²) >= 11 is 0. The number of carbonyl (C=O) groups is 1. The molecule has 1 aliphatic carbocycles. The van der Waals surface area contributed by atoms with Gasteiger partial charge < -0.3 is 0 Å². The molecule has 1 aliphatic rings. The zero-order chi connectivity index (χ0) is 25.3. The molecule has 0 amide bonds. The third-order valence-corrected chi connectivity index (χ3v) is 7.95. The Labute approximate surface area is 208 Å². The van der Waals surface area contributed by atoms with Crippen LogP contribution in [-0.2, 0) is 21.2 Å². The van der Waals surface area contributed by atoms with Crippen molar-refractivity contribution in [3.05, 3.63) is 65.7 Å². The van der Waals surface area contributed by atoms with Gasteiger partial charge in [-0.25, -0.2) is 22.8 Å². The van der Waals surface area contributed by atoms with Crippen LogP contribution in [0.2, 0.25) is 0 Å². The third-order valence-electron chi connectivity index (χ3n) is 6.56. The quantitative estimate of drug-likeness (QED) is 0.365. The minimum absolute atomic E-state index is 0.114. The topological polar surface area (TPSA) is 118 Å². The fraction of sp³-hybridized carbons (Fsp3) is 0.308. The number of nitrogens with zero attached hydrogens (tertiary/aromatic N) is 3. The van der Waals surface area contributed by atoms with Crippen molar-refractivity contribution in [2.24, 2.45) is 5.92 Å². The van der Waals surface area contributed by atoms with Crippen molar-refractivity contribution in [2.75, 3.05) is 4.72 Å². The molecule has 0 saturated heterocycles. The van der Waals surface area contributed by atoms with Crippen molar-refractivity contribution in [3.63, 3.8) is 0 Å². The maximum Gasteiger partial charge on any atom is 0.264 e. The van der Waals surface area contributed by atoms with Crippen LogP contribution < -0.4 is 4.72 Å². The molecule has 2 heterocycles. The molecule has 5 rings (SSSR count). The first-order valence-electron chi connectivity index (χ1n) is 11.9. The van der Waals surface area contributed by atoms with E-state index in [4.69, 9.17) is 0 Å². The number of aryl methyl sites for hydroxylation is 1. The van der Waals surface area contributed by atoms with E-state index in [0.717, 1.165) is 31.7 Å². The second kappa shape index (κ2) is 9.77. The zero-order valence-corrected chi connectivity index (χ0v) is 20.6. The first-order chi connectivity index (χ1) is 17.3. The molecule has 1 saturated carbocycles. The molecule has 0 radical (unpaired) electrons. The summed E-state index contributed by atoms with van der Waals surface area (Å²) in [6, 6.07) is 10.5. The fourth-order valence-electron chi connectivity index (χ4n) is 4.58.